The molecule has 2 N–H and O–H groups in total. The highest BCUT2D eigenvalue weighted by Crippen LogP contribution is 2.32. The van der Waals surface area contributed by atoms with Gasteiger partial charge in [-0.05, 0) is 38.1 Å². The molecule has 32 heavy (non-hydrogen) atoms. The maximum Gasteiger partial charge on any atom is 0.417 e. The first-order valence-electron chi connectivity index (χ1n) is 9.49. The van der Waals surface area contributed by atoms with E-state index in [0.717, 1.165) is 18.2 Å². The monoisotopic (exact) mass is 454 g/mol. The van der Waals surface area contributed by atoms with Gasteiger partial charge in [-0.1, -0.05) is 12.1 Å². The number of amides is 3. The number of halogens is 3. The smallest absolute Gasteiger partial charge is 0.417 e. The Kier molecular flexibility index (Phi) is 8.45. The molecule has 0 atom stereocenters. The van der Waals surface area contributed by atoms with Crippen LogP contribution in [-0.4, -0.2) is 37.7 Å². The van der Waals surface area contributed by atoms with Crippen LogP contribution in [0.2, 0.25) is 0 Å². The molecule has 0 fully saturated rings. The fourth-order valence-electron chi connectivity index (χ4n) is 2.57. The zero-order valence-electron chi connectivity index (χ0n) is 17.2. The molecular weight excluding hydrogens is 433 g/mol. The third-order valence-corrected chi connectivity index (χ3v) is 3.84. The molecule has 8 nitrogen and oxygen atoms in total. The van der Waals surface area contributed by atoms with E-state index in [1.165, 1.54) is 18.2 Å². The number of rotatable bonds is 8. The van der Waals surface area contributed by atoms with E-state index < -0.39 is 41.8 Å². The number of alkyl halides is 3. The Morgan fingerprint density at radius 3 is 2.25 bits per heavy atom. The number of anilines is 1. The van der Waals surface area contributed by atoms with Crippen LogP contribution in [0.3, 0.4) is 0 Å². The van der Waals surface area contributed by atoms with Crippen molar-refractivity contribution in [3.63, 3.8) is 0 Å². The van der Waals surface area contributed by atoms with E-state index in [1.807, 2.05) is 5.32 Å². The summed E-state index contributed by atoms with van der Waals surface area (Å²) >= 11 is 0. The molecule has 0 bridgehead atoms. The second-order valence-corrected chi connectivity index (χ2v) is 6.15. The number of nitrogens with one attached hydrogen (secondary N) is 2. The molecule has 2 aromatic rings. The summed E-state index contributed by atoms with van der Waals surface area (Å²) in [4.78, 5) is 35.8. The van der Waals surface area contributed by atoms with Gasteiger partial charge in [-0.15, -0.1) is 0 Å². The Morgan fingerprint density at radius 2 is 1.59 bits per heavy atom. The minimum absolute atomic E-state index is 0.290. The number of hydrogen-bond donors (Lipinski definition) is 2. The van der Waals surface area contributed by atoms with Crippen LogP contribution in [0, 0.1) is 0 Å². The molecular formula is C21H21F3N2O6. The van der Waals surface area contributed by atoms with E-state index in [2.05, 4.69) is 10.1 Å². The molecule has 0 unspecified atom stereocenters. The number of esters is 1. The van der Waals surface area contributed by atoms with Crippen LogP contribution >= 0.6 is 0 Å². The quantitative estimate of drug-likeness (QED) is 0.585. The Morgan fingerprint density at radius 1 is 0.938 bits per heavy atom. The van der Waals surface area contributed by atoms with E-state index in [4.69, 9.17) is 9.47 Å². The summed E-state index contributed by atoms with van der Waals surface area (Å²) in [5.74, 6) is -1.52. The third kappa shape index (κ3) is 6.89. The van der Waals surface area contributed by atoms with Crippen molar-refractivity contribution in [3.8, 4) is 11.5 Å². The first-order valence-corrected chi connectivity index (χ1v) is 9.49. The zero-order chi connectivity index (χ0) is 23.7. The van der Waals surface area contributed by atoms with Crippen molar-refractivity contribution in [3.05, 3.63) is 53.6 Å². The van der Waals surface area contributed by atoms with E-state index >= 15 is 0 Å². The fourth-order valence-corrected chi connectivity index (χ4v) is 2.57. The van der Waals surface area contributed by atoms with Gasteiger partial charge in [0.2, 0.25) is 0 Å². The fraction of sp³-hybridized carbons (Fsp3) is 0.286. The number of imide groups is 1. The summed E-state index contributed by atoms with van der Waals surface area (Å²) in [6.07, 6.45) is -4.77. The van der Waals surface area contributed by atoms with Gasteiger partial charge in [-0.3, -0.25) is 10.1 Å². The summed E-state index contributed by atoms with van der Waals surface area (Å²) in [5.41, 5.74) is -1.64. The molecule has 172 valence electrons. The summed E-state index contributed by atoms with van der Waals surface area (Å²) in [6, 6.07) is 7.65. The van der Waals surface area contributed by atoms with Gasteiger partial charge in [-0.2, -0.15) is 13.2 Å². The average molecular weight is 454 g/mol. The Balaban J connectivity index is 1.93. The van der Waals surface area contributed by atoms with Gasteiger partial charge in [0.15, 0.2) is 18.1 Å². The number of urea groups is 1. The molecule has 0 aliphatic heterocycles. The normalized spacial score (nSPS) is 10.8. The van der Waals surface area contributed by atoms with Gasteiger partial charge >= 0.3 is 18.2 Å². The standard InChI is InChI=1S/C21H21F3N2O6/c1-3-30-16-10-9-13(11-17(16)31-4-2)25-20(29)26-18(27)12-32-19(28)14-7-5-6-8-15(14)21(22,23)24/h5-11H,3-4,12H2,1-2H3,(H2,25,26,27,29). The number of ether oxygens (including phenoxy) is 3. The SMILES string of the molecule is CCOc1ccc(NC(=O)NC(=O)COC(=O)c2ccccc2C(F)(F)F)cc1OCC. The Bertz CT molecular complexity index is 978. The maximum atomic E-state index is 13.0. The largest absolute Gasteiger partial charge is 0.490 e. The molecule has 0 saturated carbocycles. The predicted molar refractivity (Wildman–Crippen MR) is 108 cm³/mol. The summed E-state index contributed by atoms with van der Waals surface area (Å²) < 4.78 is 54.4. The zero-order valence-corrected chi connectivity index (χ0v) is 17.2. The highest BCUT2D eigenvalue weighted by atomic mass is 19.4. The lowest BCUT2D eigenvalue weighted by Crippen LogP contribution is -2.37. The maximum absolute atomic E-state index is 13.0. The molecule has 0 spiro atoms. The average Bonchev–Trinajstić information content (AvgIpc) is 2.73. The second kappa shape index (κ2) is 11.0. The lowest BCUT2D eigenvalue weighted by molar-refractivity contribution is -0.138. The highest BCUT2D eigenvalue weighted by Gasteiger charge is 2.35. The van der Waals surface area contributed by atoms with Crippen LogP contribution in [0.1, 0.15) is 29.8 Å². The van der Waals surface area contributed by atoms with Crippen LogP contribution in [-0.2, 0) is 15.7 Å². The molecule has 0 aromatic heterocycles. The molecule has 0 aliphatic rings. The topological polar surface area (TPSA) is 103 Å². The molecule has 0 heterocycles. The van der Waals surface area contributed by atoms with Gasteiger partial charge in [0.1, 0.15) is 0 Å². The van der Waals surface area contributed by atoms with Gasteiger partial charge < -0.3 is 19.5 Å². The van der Waals surface area contributed by atoms with Gasteiger partial charge in [-0.25, -0.2) is 9.59 Å². The van der Waals surface area contributed by atoms with Gasteiger partial charge in [0, 0.05) is 11.8 Å². The van der Waals surface area contributed by atoms with E-state index in [-0.39, 0.29) is 0 Å². The van der Waals surface area contributed by atoms with E-state index in [9.17, 15) is 27.6 Å². The first kappa shape index (κ1) is 24.5. The Hall–Kier alpha value is -3.76. The molecule has 0 radical (unpaired) electrons. The van der Waals surface area contributed by atoms with Crippen LogP contribution in [0.4, 0.5) is 23.7 Å². The molecule has 0 saturated heterocycles. The van der Waals surface area contributed by atoms with Crippen molar-refractivity contribution in [2.45, 2.75) is 20.0 Å². The van der Waals surface area contributed by atoms with Gasteiger partial charge in [0.25, 0.3) is 5.91 Å². The van der Waals surface area contributed by atoms with Crippen LogP contribution in [0.15, 0.2) is 42.5 Å². The molecule has 2 rings (SSSR count). The number of benzene rings is 2. The first-order chi connectivity index (χ1) is 15.2. The number of hydrogen-bond acceptors (Lipinski definition) is 6. The lowest BCUT2D eigenvalue weighted by Gasteiger charge is -2.13. The minimum Gasteiger partial charge on any atom is -0.490 e. The van der Waals surface area contributed by atoms with Crippen LogP contribution < -0.4 is 20.1 Å². The van der Waals surface area contributed by atoms with Gasteiger partial charge in [0.05, 0.1) is 24.3 Å². The van der Waals surface area contributed by atoms with E-state index in [0.29, 0.717) is 30.4 Å². The van der Waals surface area contributed by atoms with Crippen molar-refractivity contribution in [2.24, 2.45) is 0 Å². The number of carbonyl (C=O) groups is 3. The van der Waals surface area contributed by atoms with Crippen LogP contribution in [0.25, 0.3) is 0 Å². The summed E-state index contributed by atoms with van der Waals surface area (Å²) in [5, 5.41) is 4.30. The van der Waals surface area contributed by atoms with Crippen LogP contribution in [0.5, 0.6) is 11.5 Å². The third-order valence-electron chi connectivity index (χ3n) is 3.84. The highest BCUT2D eigenvalue weighted by molar-refractivity contribution is 6.02. The molecule has 3 amide bonds. The van der Waals surface area contributed by atoms with Crippen molar-refractivity contribution in [1.29, 1.82) is 0 Å². The van der Waals surface area contributed by atoms with Crippen molar-refractivity contribution < 1.29 is 41.8 Å². The van der Waals surface area contributed by atoms with Crippen molar-refractivity contribution in [1.82, 2.24) is 5.32 Å². The predicted octanol–water partition coefficient (Wildman–Crippen LogP) is 4.01. The number of carbonyl (C=O) groups excluding carboxylic acids is 3. The summed E-state index contributed by atoms with van der Waals surface area (Å²) in [7, 11) is 0. The molecule has 11 heteroatoms. The molecule has 2 aromatic carbocycles. The van der Waals surface area contributed by atoms with E-state index in [1.54, 1.807) is 19.9 Å². The second-order valence-electron chi connectivity index (χ2n) is 6.15. The van der Waals surface area contributed by atoms with Crippen molar-refractivity contribution >= 4 is 23.6 Å². The van der Waals surface area contributed by atoms with Crippen molar-refractivity contribution in [2.75, 3.05) is 25.1 Å². The lowest BCUT2D eigenvalue weighted by atomic mass is 10.1. The Labute approximate surface area is 181 Å². The summed E-state index contributed by atoms with van der Waals surface area (Å²) in [6.45, 7) is 3.39. The minimum atomic E-state index is -4.77. The molecule has 0 aliphatic carbocycles.